The quantitative estimate of drug-likeness (QED) is 0.745. The van der Waals surface area contributed by atoms with Crippen molar-refractivity contribution in [1.29, 1.82) is 0 Å². The number of halogens is 1. The van der Waals surface area contributed by atoms with Gasteiger partial charge in [0.2, 0.25) is 0 Å². The number of rotatable bonds is 1. The number of nitrogens with one attached hydrogen (secondary N) is 1. The molecule has 5 heteroatoms. The van der Waals surface area contributed by atoms with Crippen LogP contribution < -0.4 is 5.32 Å². The Morgan fingerprint density at radius 1 is 1.40 bits per heavy atom. The summed E-state index contributed by atoms with van der Waals surface area (Å²) in [5.74, 6) is 1.04. The fourth-order valence-corrected chi connectivity index (χ4v) is 2.52. The van der Waals surface area contributed by atoms with Crippen LogP contribution in [0.25, 0.3) is 0 Å². The van der Waals surface area contributed by atoms with E-state index in [9.17, 15) is 0 Å². The molecule has 1 aromatic heterocycles. The smallest absolute Gasteiger partial charge is 0.197 e. The Morgan fingerprint density at radius 2 is 2.20 bits per heavy atom. The number of aromatic nitrogens is 2. The molecule has 0 radical (unpaired) electrons. The van der Waals surface area contributed by atoms with Crippen LogP contribution in [0.3, 0.4) is 0 Å². The molecule has 1 aliphatic heterocycles. The van der Waals surface area contributed by atoms with E-state index >= 15 is 0 Å². The van der Waals surface area contributed by atoms with Gasteiger partial charge in [0.25, 0.3) is 0 Å². The second-order valence-corrected chi connectivity index (χ2v) is 4.49. The summed E-state index contributed by atoms with van der Waals surface area (Å²) in [5, 5.41) is 8.01. The Kier molecular flexibility index (Phi) is 2.16. The molecule has 15 heavy (non-hydrogen) atoms. The third kappa shape index (κ3) is 1.53. The molecule has 80 valence electrons. The van der Waals surface area contributed by atoms with Gasteiger partial charge in [-0.15, -0.1) is 0 Å². The lowest BCUT2D eigenvalue weighted by molar-refractivity contribution is 0.473. The first-order chi connectivity index (χ1) is 7.34. The number of anilines is 1. The van der Waals surface area contributed by atoms with E-state index in [2.05, 4.69) is 20.1 Å². The van der Waals surface area contributed by atoms with Crippen molar-refractivity contribution in [2.45, 2.75) is 38.3 Å². The van der Waals surface area contributed by atoms with Gasteiger partial charge in [0.15, 0.2) is 5.29 Å². The van der Waals surface area contributed by atoms with Crippen molar-refractivity contribution in [3.63, 3.8) is 0 Å². The van der Waals surface area contributed by atoms with Gasteiger partial charge in [-0.2, -0.15) is 5.10 Å². The van der Waals surface area contributed by atoms with Crippen molar-refractivity contribution in [1.82, 2.24) is 9.78 Å². The van der Waals surface area contributed by atoms with Crippen molar-refractivity contribution >= 4 is 22.7 Å². The van der Waals surface area contributed by atoms with Crippen LogP contribution in [0.4, 0.5) is 5.82 Å². The topological polar surface area (TPSA) is 42.2 Å². The summed E-state index contributed by atoms with van der Waals surface area (Å²) in [4.78, 5) is 4.13. The first kappa shape index (κ1) is 9.21. The SMILES string of the molecule is ClC1=NCc2cnn(C3CCCC3)c2N1. The molecule has 0 unspecified atom stereocenters. The molecule has 3 rings (SSSR count). The molecule has 1 aliphatic carbocycles. The van der Waals surface area contributed by atoms with Gasteiger partial charge in [-0.05, 0) is 24.4 Å². The summed E-state index contributed by atoms with van der Waals surface area (Å²) < 4.78 is 2.08. The zero-order valence-electron chi connectivity index (χ0n) is 8.41. The predicted molar refractivity (Wildman–Crippen MR) is 60.3 cm³/mol. The molecular weight excluding hydrogens is 212 g/mol. The van der Waals surface area contributed by atoms with Crippen LogP contribution in [0.5, 0.6) is 0 Å². The highest BCUT2D eigenvalue weighted by Crippen LogP contribution is 2.33. The Labute approximate surface area is 93.3 Å². The third-order valence-corrected chi connectivity index (χ3v) is 3.37. The number of hydrogen-bond acceptors (Lipinski definition) is 3. The fourth-order valence-electron chi connectivity index (χ4n) is 2.37. The van der Waals surface area contributed by atoms with Gasteiger partial charge in [-0.1, -0.05) is 12.8 Å². The number of nitrogens with zero attached hydrogens (tertiary/aromatic N) is 3. The van der Waals surface area contributed by atoms with Gasteiger partial charge in [0, 0.05) is 5.56 Å². The largest absolute Gasteiger partial charge is 0.315 e. The monoisotopic (exact) mass is 224 g/mol. The van der Waals surface area contributed by atoms with Crippen molar-refractivity contribution in [3.05, 3.63) is 11.8 Å². The maximum absolute atomic E-state index is 5.88. The van der Waals surface area contributed by atoms with E-state index < -0.39 is 0 Å². The van der Waals surface area contributed by atoms with E-state index in [0.29, 0.717) is 17.9 Å². The van der Waals surface area contributed by atoms with Crippen molar-refractivity contribution < 1.29 is 0 Å². The third-order valence-electron chi connectivity index (χ3n) is 3.15. The first-order valence-electron chi connectivity index (χ1n) is 5.38. The summed E-state index contributed by atoms with van der Waals surface area (Å²) in [5.41, 5.74) is 1.14. The Hall–Kier alpha value is -1.03. The summed E-state index contributed by atoms with van der Waals surface area (Å²) in [6, 6.07) is 0.545. The van der Waals surface area contributed by atoms with E-state index in [0.717, 1.165) is 11.4 Å². The van der Waals surface area contributed by atoms with Crippen LogP contribution >= 0.6 is 11.6 Å². The lowest BCUT2D eigenvalue weighted by atomic mass is 10.2. The van der Waals surface area contributed by atoms with Crippen LogP contribution in [0.2, 0.25) is 0 Å². The van der Waals surface area contributed by atoms with Crippen LogP contribution in [-0.2, 0) is 6.54 Å². The molecule has 1 saturated carbocycles. The van der Waals surface area contributed by atoms with E-state index in [1.165, 1.54) is 25.7 Å². The summed E-state index contributed by atoms with van der Waals surface area (Å²) >= 11 is 5.88. The van der Waals surface area contributed by atoms with Crippen LogP contribution in [0, 0.1) is 0 Å². The lowest BCUT2D eigenvalue weighted by Crippen LogP contribution is -2.17. The predicted octanol–water partition coefficient (Wildman–Crippen LogP) is 2.52. The minimum absolute atomic E-state index is 0.474. The molecule has 0 amide bonds. The van der Waals surface area contributed by atoms with Crippen LogP contribution in [-0.4, -0.2) is 15.1 Å². The van der Waals surface area contributed by atoms with Gasteiger partial charge in [-0.3, -0.25) is 4.99 Å². The molecule has 1 N–H and O–H groups in total. The zero-order valence-corrected chi connectivity index (χ0v) is 9.17. The minimum Gasteiger partial charge on any atom is -0.315 e. The molecule has 1 fully saturated rings. The van der Waals surface area contributed by atoms with Crippen LogP contribution in [0.1, 0.15) is 37.3 Å². The second kappa shape index (κ2) is 3.52. The number of hydrogen-bond donors (Lipinski definition) is 1. The molecule has 1 aromatic rings. The molecule has 4 nitrogen and oxygen atoms in total. The standard InChI is InChI=1S/C10H13ClN4/c11-10-12-5-7-6-13-15(9(7)14-10)8-3-1-2-4-8/h6,8H,1-5H2,(H,12,14). The van der Waals surface area contributed by atoms with Crippen molar-refractivity contribution in [3.8, 4) is 0 Å². The molecule has 2 aliphatic rings. The van der Waals surface area contributed by atoms with E-state index in [4.69, 9.17) is 11.6 Å². The van der Waals surface area contributed by atoms with E-state index in [1.54, 1.807) is 0 Å². The Bertz CT molecular complexity index is 404. The second-order valence-electron chi connectivity index (χ2n) is 4.13. The molecule has 0 saturated heterocycles. The number of aliphatic imine (C=N–C) groups is 1. The van der Waals surface area contributed by atoms with Gasteiger partial charge in [-0.25, -0.2) is 4.68 Å². The summed E-state index contributed by atoms with van der Waals surface area (Å²) in [6.45, 7) is 0.647. The molecule has 0 spiro atoms. The average molecular weight is 225 g/mol. The molecule has 0 atom stereocenters. The highest BCUT2D eigenvalue weighted by molar-refractivity contribution is 6.67. The van der Waals surface area contributed by atoms with Gasteiger partial charge in [0.05, 0.1) is 18.8 Å². The number of amidine groups is 1. The molecule has 2 heterocycles. The molecular formula is C10H13ClN4. The summed E-state index contributed by atoms with van der Waals surface area (Å²) in [6.07, 6.45) is 6.96. The van der Waals surface area contributed by atoms with E-state index in [-0.39, 0.29) is 0 Å². The van der Waals surface area contributed by atoms with E-state index in [1.807, 2.05) is 6.20 Å². The van der Waals surface area contributed by atoms with Crippen molar-refractivity contribution in [2.24, 2.45) is 4.99 Å². The maximum atomic E-state index is 5.88. The van der Waals surface area contributed by atoms with Crippen LogP contribution in [0.15, 0.2) is 11.2 Å². The average Bonchev–Trinajstić information content (AvgIpc) is 2.83. The zero-order chi connectivity index (χ0) is 10.3. The summed E-state index contributed by atoms with van der Waals surface area (Å²) in [7, 11) is 0. The highest BCUT2D eigenvalue weighted by Gasteiger charge is 2.23. The lowest BCUT2D eigenvalue weighted by Gasteiger charge is -2.17. The Morgan fingerprint density at radius 3 is 3.00 bits per heavy atom. The molecule has 0 aromatic carbocycles. The fraction of sp³-hybridized carbons (Fsp3) is 0.600. The van der Waals surface area contributed by atoms with Gasteiger partial charge < -0.3 is 5.32 Å². The van der Waals surface area contributed by atoms with Gasteiger partial charge in [0.1, 0.15) is 5.82 Å². The molecule has 0 bridgehead atoms. The maximum Gasteiger partial charge on any atom is 0.197 e. The highest BCUT2D eigenvalue weighted by atomic mass is 35.5. The van der Waals surface area contributed by atoms with Crippen molar-refractivity contribution in [2.75, 3.05) is 5.32 Å². The first-order valence-corrected chi connectivity index (χ1v) is 5.76. The normalized spacial score (nSPS) is 21.0. The number of fused-ring (bicyclic) bond motifs is 1. The van der Waals surface area contributed by atoms with Gasteiger partial charge >= 0.3 is 0 Å². The Balaban J connectivity index is 1.94. The minimum atomic E-state index is 0.474.